The van der Waals surface area contributed by atoms with Crippen molar-refractivity contribution in [3.63, 3.8) is 0 Å². The van der Waals surface area contributed by atoms with Crippen LogP contribution in [0.3, 0.4) is 0 Å². The lowest BCUT2D eigenvalue weighted by molar-refractivity contribution is -0.141. The van der Waals surface area contributed by atoms with Crippen LogP contribution in [-0.2, 0) is 31.7 Å². The molecule has 7 nitrogen and oxygen atoms in total. The van der Waals surface area contributed by atoms with Gasteiger partial charge in [0.2, 0.25) is 0 Å². The Labute approximate surface area is 170 Å². The molecule has 146 valence electrons. The number of halogens is 1. The summed E-state index contributed by atoms with van der Waals surface area (Å²) >= 11 is 3.28. The molecular formula is C19H17BrN2O5S. The number of pyridine rings is 1. The van der Waals surface area contributed by atoms with Crippen LogP contribution >= 0.6 is 15.9 Å². The van der Waals surface area contributed by atoms with E-state index in [0.29, 0.717) is 11.2 Å². The number of esters is 1. The molecule has 0 N–H and O–H groups in total. The number of benzene rings is 1. The van der Waals surface area contributed by atoms with E-state index in [-0.39, 0.29) is 23.6 Å². The fraction of sp³-hybridized carbons (Fsp3) is 0.211. The van der Waals surface area contributed by atoms with Crippen molar-refractivity contribution in [2.24, 2.45) is 0 Å². The number of rotatable bonds is 6. The number of aryl methyl sites for hydroxylation is 1. The minimum Gasteiger partial charge on any atom is -0.458 e. The first kappa shape index (κ1) is 20.2. The number of aromatic nitrogens is 2. The van der Waals surface area contributed by atoms with E-state index in [9.17, 15) is 18.0 Å². The quantitative estimate of drug-likeness (QED) is 0.519. The number of fused-ring (bicyclic) bond motifs is 1. The van der Waals surface area contributed by atoms with E-state index < -0.39 is 21.6 Å². The van der Waals surface area contributed by atoms with Gasteiger partial charge in [0.25, 0.3) is 5.56 Å². The number of ether oxygens (including phenoxy) is 1. The van der Waals surface area contributed by atoms with Crippen LogP contribution in [-0.4, -0.2) is 29.5 Å². The predicted molar refractivity (Wildman–Crippen MR) is 108 cm³/mol. The van der Waals surface area contributed by atoms with Gasteiger partial charge in [-0.1, -0.05) is 34.1 Å². The average Bonchev–Trinajstić information content (AvgIpc) is 2.60. The molecule has 3 rings (SSSR count). The Morgan fingerprint density at radius 1 is 1.21 bits per heavy atom. The number of hydrogen-bond donors (Lipinski definition) is 0. The summed E-state index contributed by atoms with van der Waals surface area (Å²) in [6.45, 7) is 1.58. The van der Waals surface area contributed by atoms with Crippen LogP contribution in [0.5, 0.6) is 0 Å². The fourth-order valence-electron chi connectivity index (χ4n) is 2.64. The molecule has 2 aromatic heterocycles. The van der Waals surface area contributed by atoms with E-state index in [1.807, 2.05) is 13.0 Å². The van der Waals surface area contributed by atoms with Crippen molar-refractivity contribution < 1.29 is 17.9 Å². The molecule has 9 heteroatoms. The van der Waals surface area contributed by atoms with E-state index in [1.165, 1.54) is 10.5 Å². The Hall–Kier alpha value is -2.52. The second-order valence-electron chi connectivity index (χ2n) is 6.34. The standard InChI is InChI=1S/C19H17BrN2O5S/c1-13-5-6-17-21-16(8-18(23)22(17)9-13)10-27-19(24)12-28(25,26)11-14-3-2-4-15(20)7-14/h2-9H,10-12H2,1H3. The number of nitrogens with zero attached hydrogens (tertiary/aromatic N) is 2. The van der Waals surface area contributed by atoms with Crippen LogP contribution in [0.1, 0.15) is 16.8 Å². The first-order valence-corrected chi connectivity index (χ1v) is 10.9. The molecule has 0 spiro atoms. The zero-order valence-corrected chi connectivity index (χ0v) is 17.4. The van der Waals surface area contributed by atoms with Gasteiger partial charge in [0.1, 0.15) is 18.0 Å². The van der Waals surface area contributed by atoms with Crippen LogP contribution < -0.4 is 5.56 Å². The molecule has 0 radical (unpaired) electrons. The van der Waals surface area contributed by atoms with Crippen molar-refractivity contribution >= 4 is 37.4 Å². The minimum absolute atomic E-state index is 0.256. The maximum absolute atomic E-state index is 12.2. The largest absolute Gasteiger partial charge is 0.458 e. The van der Waals surface area contributed by atoms with Crippen molar-refractivity contribution in [2.45, 2.75) is 19.3 Å². The van der Waals surface area contributed by atoms with Gasteiger partial charge in [-0.3, -0.25) is 14.0 Å². The molecule has 3 aromatic rings. The van der Waals surface area contributed by atoms with E-state index >= 15 is 0 Å². The number of carbonyl (C=O) groups is 1. The van der Waals surface area contributed by atoms with Crippen molar-refractivity contribution in [3.8, 4) is 0 Å². The molecule has 0 amide bonds. The monoisotopic (exact) mass is 464 g/mol. The molecular weight excluding hydrogens is 448 g/mol. The van der Waals surface area contributed by atoms with Crippen LogP contribution in [0.2, 0.25) is 0 Å². The Morgan fingerprint density at radius 2 is 2.00 bits per heavy atom. The first-order valence-electron chi connectivity index (χ1n) is 8.31. The van der Waals surface area contributed by atoms with Gasteiger partial charge in [-0.25, -0.2) is 13.4 Å². The maximum atomic E-state index is 12.2. The second kappa shape index (κ2) is 8.24. The average molecular weight is 465 g/mol. The van der Waals surface area contributed by atoms with Gasteiger partial charge in [0.15, 0.2) is 9.84 Å². The molecule has 28 heavy (non-hydrogen) atoms. The smallest absolute Gasteiger partial charge is 0.321 e. The molecule has 0 fully saturated rings. The van der Waals surface area contributed by atoms with Gasteiger partial charge in [-0.15, -0.1) is 0 Å². The maximum Gasteiger partial charge on any atom is 0.321 e. The third-order valence-corrected chi connectivity index (χ3v) is 5.80. The topological polar surface area (TPSA) is 94.8 Å². The number of sulfone groups is 1. The van der Waals surface area contributed by atoms with Crippen molar-refractivity contribution in [2.75, 3.05) is 5.75 Å². The summed E-state index contributed by atoms with van der Waals surface area (Å²) in [5, 5.41) is 0. The third kappa shape index (κ3) is 5.26. The SMILES string of the molecule is Cc1ccc2nc(COC(=O)CS(=O)(=O)Cc3cccc(Br)c3)cc(=O)n2c1. The highest BCUT2D eigenvalue weighted by atomic mass is 79.9. The van der Waals surface area contributed by atoms with E-state index in [0.717, 1.165) is 10.0 Å². The highest BCUT2D eigenvalue weighted by molar-refractivity contribution is 9.10. The predicted octanol–water partition coefficient (Wildman–Crippen LogP) is 2.42. The summed E-state index contributed by atoms with van der Waals surface area (Å²) in [7, 11) is -3.68. The van der Waals surface area contributed by atoms with E-state index in [1.54, 1.807) is 36.5 Å². The molecule has 0 unspecified atom stereocenters. The van der Waals surface area contributed by atoms with E-state index in [4.69, 9.17) is 4.74 Å². The zero-order chi connectivity index (χ0) is 20.3. The molecule has 0 bridgehead atoms. The lowest BCUT2D eigenvalue weighted by Crippen LogP contribution is -2.21. The zero-order valence-electron chi connectivity index (χ0n) is 15.0. The summed E-state index contributed by atoms with van der Waals surface area (Å²) in [5.41, 5.74) is 1.85. The van der Waals surface area contributed by atoms with Crippen LogP contribution in [0.25, 0.3) is 5.65 Å². The van der Waals surface area contributed by atoms with Gasteiger partial charge in [-0.2, -0.15) is 0 Å². The summed E-state index contributed by atoms with van der Waals surface area (Å²) in [4.78, 5) is 28.4. The molecule has 0 saturated carbocycles. The molecule has 0 aliphatic rings. The van der Waals surface area contributed by atoms with Crippen LogP contribution in [0, 0.1) is 6.92 Å². The highest BCUT2D eigenvalue weighted by Gasteiger charge is 2.19. The molecule has 0 atom stereocenters. The molecule has 0 aliphatic heterocycles. The van der Waals surface area contributed by atoms with Crippen molar-refractivity contribution in [3.05, 3.63) is 80.3 Å². The van der Waals surface area contributed by atoms with Crippen molar-refractivity contribution in [1.82, 2.24) is 9.38 Å². The Bertz CT molecular complexity index is 1200. The normalized spacial score (nSPS) is 11.5. The Balaban J connectivity index is 1.64. The van der Waals surface area contributed by atoms with Gasteiger partial charge < -0.3 is 4.74 Å². The molecule has 0 aliphatic carbocycles. The van der Waals surface area contributed by atoms with Crippen LogP contribution in [0.15, 0.2) is 57.9 Å². The highest BCUT2D eigenvalue weighted by Crippen LogP contribution is 2.14. The van der Waals surface area contributed by atoms with Crippen molar-refractivity contribution in [1.29, 1.82) is 0 Å². The Kier molecular flexibility index (Phi) is 5.95. The summed E-state index contributed by atoms with van der Waals surface area (Å²) in [6, 6.07) is 11.6. The second-order valence-corrected chi connectivity index (χ2v) is 9.32. The summed E-state index contributed by atoms with van der Waals surface area (Å²) < 4.78 is 31.6. The number of hydrogen-bond acceptors (Lipinski definition) is 6. The molecule has 2 heterocycles. The number of carbonyl (C=O) groups excluding carboxylic acids is 1. The summed E-state index contributed by atoms with van der Waals surface area (Å²) in [5.74, 6) is -1.90. The molecule has 1 aromatic carbocycles. The minimum atomic E-state index is -3.68. The third-order valence-electron chi connectivity index (χ3n) is 3.85. The van der Waals surface area contributed by atoms with Gasteiger partial charge >= 0.3 is 5.97 Å². The first-order chi connectivity index (χ1) is 13.2. The van der Waals surface area contributed by atoms with Gasteiger partial charge in [0.05, 0.1) is 11.4 Å². The van der Waals surface area contributed by atoms with Gasteiger partial charge in [-0.05, 0) is 36.2 Å². The lowest BCUT2D eigenvalue weighted by Gasteiger charge is -2.07. The fourth-order valence-corrected chi connectivity index (χ4v) is 4.32. The summed E-state index contributed by atoms with van der Waals surface area (Å²) in [6.07, 6.45) is 1.66. The Morgan fingerprint density at radius 3 is 2.75 bits per heavy atom. The van der Waals surface area contributed by atoms with E-state index in [2.05, 4.69) is 20.9 Å². The van der Waals surface area contributed by atoms with Gasteiger partial charge in [0, 0.05) is 16.7 Å². The molecule has 0 saturated heterocycles. The van der Waals surface area contributed by atoms with Crippen LogP contribution in [0.4, 0.5) is 0 Å². The lowest BCUT2D eigenvalue weighted by atomic mass is 10.2.